The van der Waals surface area contributed by atoms with Gasteiger partial charge in [-0.3, -0.25) is 0 Å². The number of nitrogens with one attached hydrogen (secondary N) is 1. The number of rotatable bonds is 6. The van der Waals surface area contributed by atoms with E-state index < -0.39 is 21.8 Å². The van der Waals surface area contributed by atoms with Crippen molar-refractivity contribution in [2.75, 3.05) is 26.2 Å². The molecule has 1 N–H and O–H groups in total. The molecule has 4 nitrogen and oxygen atoms in total. The van der Waals surface area contributed by atoms with Gasteiger partial charge in [0.1, 0.15) is 0 Å². The fraction of sp³-hybridized carbons (Fsp3) is 0.444. The van der Waals surface area contributed by atoms with Crippen molar-refractivity contribution < 1.29 is 21.6 Å². The first kappa shape index (κ1) is 20.3. The molecule has 148 valence electrons. The maximum atomic E-state index is 12.8. The average Bonchev–Trinajstić information content (AvgIpc) is 3.16. The number of sulfonamides is 1. The Hall–Kier alpha value is -1.42. The van der Waals surface area contributed by atoms with Gasteiger partial charge < -0.3 is 4.90 Å². The molecule has 1 fully saturated rings. The second kappa shape index (κ2) is 8.30. The van der Waals surface area contributed by atoms with E-state index in [1.807, 2.05) is 0 Å². The number of nitrogens with zero attached hydrogens (tertiary/aromatic N) is 1. The lowest BCUT2D eigenvalue weighted by atomic mass is 9.95. The summed E-state index contributed by atoms with van der Waals surface area (Å²) >= 11 is 1.76. The molecule has 0 atom stereocenters. The molecule has 0 aliphatic carbocycles. The third kappa shape index (κ3) is 5.31. The van der Waals surface area contributed by atoms with Crippen LogP contribution in [-0.2, 0) is 16.2 Å². The van der Waals surface area contributed by atoms with Crippen molar-refractivity contribution in [3.05, 3.63) is 52.2 Å². The van der Waals surface area contributed by atoms with Crippen LogP contribution >= 0.6 is 11.3 Å². The third-order valence-electron chi connectivity index (χ3n) is 4.72. The molecule has 1 saturated heterocycles. The minimum absolute atomic E-state index is 0.169. The molecule has 2 aromatic rings. The van der Waals surface area contributed by atoms with Gasteiger partial charge in [0.05, 0.1) is 10.5 Å². The second-order valence-electron chi connectivity index (χ2n) is 6.55. The van der Waals surface area contributed by atoms with Gasteiger partial charge >= 0.3 is 6.18 Å². The molecule has 0 bridgehead atoms. The quantitative estimate of drug-likeness (QED) is 0.774. The van der Waals surface area contributed by atoms with Crippen LogP contribution < -0.4 is 4.72 Å². The molecule has 1 aromatic heterocycles. The highest BCUT2D eigenvalue weighted by atomic mass is 32.2. The number of hydrogen-bond acceptors (Lipinski definition) is 4. The zero-order chi connectivity index (χ0) is 19.5. The number of benzene rings is 1. The Bertz CT molecular complexity index is 844. The average molecular weight is 419 g/mol. The number of thiophene rings is 1. The van der Waals surface area contributed by atoms with Gasteiger partial charge in [-0.25, -0.2) is 13.1 Å². The smallest absolute Gasteiger partial charge is 0.302 e. The highest BCUT2D eigenvalue weighted by Crippen LogP contribution is 2.31. The summed E-state index contributed by atoms with van der Waals surface area (Å²) < 4.78 is 65.2. The lowest BCUT2D eigenvalue weighted by Gasteiger charge is -2.31. The van der Waals surface area contributed by atoms with Gasteiger partial charge in [0.25, 0.3) is 0 Å². The summed E-state index contributed by atoms with van der Waals surface area (Å²) in [4.78, 5) is 3.20. The fourth-order valence-electron chi connectivity index (χ4n) is 3.23. The molecular weight excluding hydrogens is 397 g/mol. The monoisotopic (exact) mass is 418 g/mol. The van der Waals surface area contributed by atoms with Gasteiger partial charge in [0.2, 0.25) is 10.0 Å². The molecule has 0 radical (unpaired) electrons. The van der Waals surface area contributed by atoms with Crippen LogP contribution in [0.15, 0.2) is 46.7 Å². The van der Waals surface area contributed by atoms with Crippen LogP contribution in [0.25, 0.3) is 0 Å². The van der Waals surface area contributed by atoms with Crippen molar-refractivity contribution in [3.63, 3.8) is 0 Å². The molecule has 0 spiro atoms. The highest BCUT2D eigenvalue weighted by Gasteiger charge is 2.31. The van der Waals surface area contributed by atoms with Gasteiger partial charge in [0, 0.05) is 18.0 Å². The summed E-state index contributed by atoms with van der Waals surface area (Å²) in [6, 6.07) is 7.99. The van der Waals surface area contributed by atoms with Crippen molar-refractivity contribution >= 4 is 21.4 Å². The Morgan fingerprint density at radius 2 is 1.89 bits per heavy atom. The molecule has 1 aliphatic rings. The van der Waals surface area contributed by atoms with E-state index in [-0.39, 0.29) is 11.4 Å². The molecule has 2 heterocycles. The number of alkyl halides is 3. The van der Waals surface area contributed by atoms with Crippen molar-refractivity contribution in [2.45, 2.75) is 29.8 Å². The molecule has 0 amide bonds. The lowest BCUT2D eigenvalue weighted by molar-refractivity contribution is -0.137. The summed E-state index contributed by atoms with van der Waals surface area (Å²) in [6.45, 7) is 2.47. The largest absolute Gasteiger partial charge is 0.416 e. The number of halogens is 3. The Labute approximate surface area is 161 Å². The Morgan fingerprint density at radius 3 is 2.52 bits per heavy atom. The van der Waals surface area contributed by atoms with Crippen molar-refractivity contribution in [3.8, 4) is 0 Å². The van der Waals surface area contributed by atoms with Crippen LogP contribution in [-0.4, -0.2) is 39.5 Å². The van der Waals surface area contributed by atoms with Crippen molar-refractivity contribution in [2.24, 2.45) is 0 Å². The van der Waals surface area contributed by atoms with E-state index in [1.165, 1.54) is 10.9 Å². The topological polar surface area (TPSA) is 49.4 Å². The lowest BCUT2D eigenvalue weighted by Crippen LogP contribution is -2.39. The molecule has 27 heavy (non-hydrogen) atoms. The van der Waals surface area contributed by atoms with Gasteiger partial charge in [-0.15, -0.1) is 11.3 Å². The Morgan fingerprint density at radius 1 is 1.15 bits per heavy atom. The molecule has 1 aliphatic heterocycles. The maximum Gasteiger partial charge on any atom is 0.416 e. The van der Waals surface area contributed by atoms with Crippen LogP contribution in [0.5, 0.6) is 0 Å². The molecule has 3 rings (SSSR count). The minimum Gasteiger partial charge on any atom is -0.302 e. The van der Waals surface area contributed by atoms with E-state index in [2.05, 4.69) is 27.1 Å². The number of hydrogen-bond donors (Lipinski definition) is 1. The standard InChI is InChI=1S/C18H21F3N2O2S2/c19-18(20,21)15-3-1-4-16(13-15)27(24,25)22-8-11-23-9-6-14(7-10-23)17-5-2-12-26-17/h1-5,12-14,22H,6-11H2. The van der Waals surface area contributed by atoms with Gasteiger partial charge in [-0.2, -0.15) is 13.2 Å². The van der Waals surface area contributed by atoms with E-state index in [9.17, 15) is 21.6 Å². The van der Waals surface area contributed by atoms with Crippen molar-refractivity contribution in [1.29, 1.82) is 0 Å². The summed E-state index contributed by atoms with van der Waals surface area (Å²) in [5.74, 6) is 0.558. The normalized spacial score (nSPS) is 17.3. The highest BCUT2D eigenvalue weighted by molar-refractivity contribution is 7.89. The first-order valence-corrected chi connectivity index (χ1v) is 11.0. The van der Waals surface area contributed by atoms with E-state index >= 15 is 0 Å². The Balaban J connectivity index is 1.50. The van der Waals surface area contributed by atoms with Gasteiger partial charge in [-0.1, -0.05) is 12.1 Å². The van der Waals surface area contributed by atoms with E-state index in [0.717, 1.165) is 38.1 Å². The molecule has 9 heteroatoms. The van der Waals surface area contributed by atoms with E-state index in [0.29, 0.717) is 18.5 Å². The van der Waals surface area contributed by atoms with E-state index in [1.54, 1.807) is 11.3 Å². The summed E-state index contributed by atoms with van der Waals surface area (Å²) in [7, 11) is -3.97. The van der Waals surface area contributed by atoms with Crippen LogP contribution in [0.1, 0.15) is 29.2 Å². The summed E-state index contributed by atoms with van der Waals surface area (Å²) in [5, 5.41) is 2.07. The minimum atomic E-state index is -4.57. The first-order chi connectivity index (χ1) is 12.8. The van der Waals surface area contributed by atoms with E-state index in [4.69, 9.17) is 0 Å². The first-order valence-electron chi connectivity index (χ1n) is 8.68. The van der Waals surface area contributed by atoms with Gasteiger partial charge in [0.15, 0.2) is 0 Å². The maximum absolute atomic E-state index is 12.8. The fourth-order valence-corrected chi connectivity index (χ4v) is 5.19. The predicted octanol–water partition coefficient (Wildman–Crippen LogP) is 3.92. The summed E-state index contributed by atoms with van der Waals surface area (Å²) in [6.07, 6.45) is -2.51. The van der Waals surface area contributed by atoms with Gasteiger partial charge in [-0.05, 0) is 61.5 Å². The van der Waals surface area contributed by atoms with Crippen LogP contribution in [0, 0.1) is 0 Å². The zero-order valence-corrected chi connectivity index (χ0v) is 16.2. The number of likely N-dealkylation sites (tertiary alicyclic amines) is 1. The molecule has 0 unspecified atom stereocenters. The van der Waals surface area contributed by atoms with Crippen LogP contribution in [0.2, 0.25) is 0 Å². The zero-order valence-electron chi connectivity index (χ0n) is 14.6. The molecule has 1 aromatic carbocycles. The van der Waals surface area contributed by atoms with Crippen LogP contribution in [0.4, 0.5) is 13.2 Å². The predicted molar refractivity (Wildman–Crippen MR) is 99.4 cm³/mol. The van der Waals surface area contributed by atoms with Crippen molar-refractivity contribution in [1.82, 2.24) is 9.62 Å². The third-order valence-corrected chi connectivity index (χ3v) is 7.22. The summed E-state index contributed by atoms with van der Waals surface area (Å²) in [5.41, 5.74) is -0.971. The molecule has 0 saturated carbocycles. The van der Waals surface area contributed by atoms with Crippen LogP contribution in [0.3, 0.4) is 0 Å². The molecular formula is C18H21F3N2O2S2. The second-order valence-corrected chi connectivity index (χ2v) is 9.30. The Kier molecular flexibility index (Phi) is 6.25. The SMILES string of the molecule is O=S(=O)(NCCN1CCC(c2cccs2)CC1)c1cccc(C(F)(F)F)c1. The number of piperidine rings is 1.